The number of nitrogens with zero attached hydrogens (tertiary/aromatic N) is 1. The van der Waals surface area contributed by atoms with E-state index in [1.54, 1.807) is 25.3 Å². The van der Waals surface area contributed by atoms with Crippen molar-refractivity contribution >= 4 is 17.6 Å². The van der Waals surface area contributed by atoms with Crippen LogP contribution in [0.5, 0.6) is 17.2 Å². The van der Waals surface area contributed by atoms with Gasteiger partial charge in [-0.2, -0.15) is 0 Å². The zero-order chi connectivity index (χ0) is 20.2. The molecule has 0 saturated heterocycles. The molecule has 3 aromatic rings. The molecule has 0 fully saturated rings. The van der Waals surface area contributed by atoms with Gasteiger partial charge in [0.15, 0.2) is 5.54 Å². The summed E-state index contributed by atoms with van der Waals surface area (Å²) >= 11 is 6.09. The topological polar surface area (TPSA) is 66.1 Å². The van der Waals surface area contributed by atoms with Crippen LogP contribution >= 0.6 is 11.6 Å². The Morgan fingerprint density at radius 2 is 1.83 bits per heavy atom. The number of rotatable bonds is 2. The maximum atomic E-state index is 14.5. The third-order valence-electron chi connectivity index (χ3n) is 5.25. The van der Waals surface area contributed by atoms with Crippen LogP contribution < -0.4 is 15.2 Å². The van der Waals surface area contributed by atoms with Crippen LogP contribution in [-0.2, 0) is 10.3 Å². The van der Waals surface area contributed by atoms with Gasteiger partial charge in [0.1, 0.15) is 29.7 Å². The van der Waals surface area contributed by atoms with Crippen LogP contribution in [0, 0.1) is 5.82 Å². The Balaban J connectivity index is 1.75. The van der Waals surface area contributed by atoms with Crippen molar-refractivity contribution in [2.24, 2.45) is 10.7 Å². The number of amidine groups is 1. The Morgan fingerprint density at radius 3 is 2.55 bits per heavy atom. The molecule has 0 bridgehead atoms. The van der Waals surface area contributed by atoms with Gasteiger partial charge in [-0.1, -0.05) is 17.7 Å². The van der Waals surface area contributed by atoms with Gasteiger partial charge >= 0.3 is 0 Å². The molecule has 146 valence electrons. The third kappa shape index (κ3) is 2.71. The van der Waals surface area contributed by atoms with Crippen LogP contribution in [0.3, 0.4) is 0 Å². The number of ether oxygens (including phenoxy) is 3. The number of hydrogen-bond acceptors (Lipinski definition) is 5. The molecule has 2 heterocycles. The summed E-state index contributed by atoms with van der Waals surface area (Å²) in [5.74, 6) is 1.54. The van der Waals surface area contributed by atoms with Crippen LogP contribution in [0.2, 0.25) is 5.02 Å². The lowest BCUT2D eigenvalue weighted by Gasteiger charge is -2.34. The SMILES string of the molecule is COc1ccc2c(c1)[C@]1(COC(N)=N1)c1cc(-c3cc(Cl)ccc3F)ccc1O2. The fraction of sp³-hybridized carbons (Fsp3) is 0.136. The highest BCUT2D eigenvalue weighted by atomic mass is 35.5. The van der Waals surface area contributed by atoms with Crippen LogP contribution in [0.15, 0.2) is 59.6 Å². The van der Waals surface area contributed by atoms with Gasteiger partial charge in [0.05, 0.1) is 7.11 Å². The van der Waals surface area contributed by atoms with Crippen molar-refractivity contribution in [1.82, 2.24) is 0 Å². The number of aliphatic imine (C=N–C) groups is 1. The predicted molar refractivity (Wildman–Crippen MR) is 108 cm³/mol. The maximum Gasteiger partial charge on any atom is 0.283 e. The van der Waals surface area contributed by atoms with Crippen molar-refractivity contribution in [3.05, 3.63) is 76.6 Å². The van der Waals surface area contributed by atoms with Gasteiger partial charge < -0.3 is 19.9 Å². The zero-order valence-corrected chi connectivity index (χ0v) is 16.2. The molecule has 5 rings (SSSR count). The fourth-order valence-corrected chi connectivity index (χ4v) is 4.02. The van der Waals surface area contributed by atoms with Crippen molar-refractivity contribution in [2.75, 3.05) is 13.7 Å². The first-order valence-electron chi connectivity index (χ1n) is 8.94. The summed E-state index contributed by atoms with van der Waals surface area (Å²) < 4.78 is 31.5. The first-order valence-corrected chi connectivity index (χ1v) is 9.32. The summed E-state index contributed by atoms with van der Waals surface area (Å²) in [4.78, 5) is 4.63. The highest BCUT2D eigenvalue weighted by Gasteiger charge is 2.47. The minimum absolute atomic E-state index is 0.0889. The lowest BCUT2D eigenvalue weighted by molar-refractivity contribution is 0.264. The summed E-state index contributed by atoms with van der Waals surface area (Å²) in [7, 11) is 1.59. The molecule has 5 nitrogen and oxygen atoms in total. The second kappa shape index (κ2) is 6.39. The highest BCUT2D eigenvalue weighted by Crippen LogP contribution is 2.52. The number of fused-ring (bicyclic) bond motifs is 4. The van der Waals surface area contributed by atoms with Gasteiger partial charge in [-0.15, -0.1) is 0 Å². The van der Waals surface area contributed by atoms with Gasteiger partial charge in [-0.25, -0.2) is 9.38 Å². The van der Waals surface area contributed by atoms with Gasteiger partial charge in [-0.05, 0) is 54.1 Å². The molecule has 7 heteroatoms. The van der Waals surface area contributed by atoms with E-state index >= 15 is 0 Å². The normalized spacial score (nSPS) is 19.1. The second-order valence-corrected chi connectivity index (χ2v) is 7.33. The molecule has 1 atom stereocenters. The molecule has 0 amide bonds. The van der Waals surface area contributed by atoms with Crippen LogP contribution in [0.4, 0.5) is 4.39 Å². The van der Waals surface area contributed by atoms with E-state index in [4.69, 9.17) is 31.5 Å². The second-order valence-electron chi connectivity index (χ2n) is 6.90. The number of benzene rings is 3. The Bertz CT molecular complexity index is 1180. The molecule has 3 aromatic carbocycles. The molecule has 0 radical (unpaired) electrons. The molecule has 2 aliphatic rings. The van der Waals surface area contributed by atoms with E-state index in [-0.39, 0.29) is 18.4 Å². The lowest BCUT2D eigenvalue weighted by atomic mass is 9.80. The van der Waals surface area contributed by atoms with E-state index in [2.05, 4.69) is 4.99 Å². The molecule has 0 unspecified atom stereocenters. The molecule has 1 spiro atoms. The molecule has 0 saturated carbocycles. The number of hydrogen-bond donors (Lipinski definition) is 1. The minimum Gasteiger partial charge on any atom is -0.497 e. The lowest BCUT2D eigenvalue weighted by Crippen LogP contribution is -2.31. The van der Waals surface area contributed by atoms with E-state index in [0.717, 1.165) is 11.1 Å². The van der Waals surface area contributed by atoms with Crippen molar-refractivity contribution in [2.45, 2.75) is 5.54 Å². The molecule has 2 N–H and O–H groups in total. The number of nitrogens with two attached hydrogens (primary N) is 1. The molecule has 0 aliphatic carbocycles. The number of halogens is 2. The smallest absolute Gasteiger partial charge is 0.283 e. The third-order valence-corrected chi connectivity index (χ3v) is 5.48. The standard InChI is InChI=1S/C22H16ClFN2O3/c1-27-14-4-7-20-17(10-14)22(11-28-21(25)26-22)16-8-12(2-6-19(16)29-20)15-9-13(23)3-5-18(15)24/h2-10H,11H2,1H3,(H2,25,26)/t22-/m0/s1. The van der Waals surface area contributed by atoms with Gasteiger partial charge in [0.2, 0.25) is 0 Å². The summed E-state index contributed by atoms with van der Waals surface area (Å²) in [6, 6.07) is 15.5. The van der Waals surface area contributed by atoms with Gasteiger partial charge in [-0.3, -0.25) is 0 Å². The molecule has 0 aromatic heterocycles. The monoisotopic (exact) mass is 410 g/mol. The first-order chi connectivity index (χ1) is 14.0. The molecule has 29 heavy (non-hydrogen) atoms. The Hall–Kier alpha value is -3.25. The number of methoxy groups -OCH3 is 1. The van der Waals surface area contributed by atoms with Crippen LogP contribution in [0.1, 0.15) is 11.1 Å². The predicted octanol–water partition coefficient (Wildman–Crippen LogP) is 4.85. The largest absolute Gasteiger partial charge is 0.497 e. The Morgan fingerprint density at radius 1 is 1.07 bits per heavy atom. The summed E-state index contributed by atoms with van der Waals surface area (Å²) in [6.45, 7) is 0.205. The van der Waals surface area contributed by atoms with Gasteiger partial charge in [0.25, 0.3) is 6.02 Å². The molecular weight excluding hydrogens is 395 g/mol. The van der Waals surface area contributed by atoms with E-state index < -0.39 is 5.54 Å². The van der Waals surface area contributed by atoms with E-state index in [9.17, 15) is 4.39 Å². The van der Waals surface area contributed by atoms with Crippen LogP contribution in [0.25, 0.3) is 11.1 Å². The molecular formula is C22H16ClFN2O3. The van der Waals surface area contributed by atoms with E-state index in [1.807, 2.05) is 24.3 Å². The summed E-state index contributed by atoms with van der Waals surface area (Å²) in [5, 5.41) is 0.451. The van der Waals surface area contributed by atoms with Crippen molar-refractivity contribution in [3.8, 4) is 28.4 Å². The molecule has 2 aliphatic heterocycles. The van der Waals surface area contributed by atoms with Gasteiger partial charge in [0, 0.05) is 21.7 Å². The fourth-order valence-electron chi connectivity index (χ4n) is 3.85. The van der Waals surface area contributed by atoms with Crippen molar-refractivity contribution in [3.63, 3.8) is 0 Å². The average Bonchev–Trinajstić information content (AvgIpc) is 3.12. The maximum absolute atomic E-state index is 14.5. The quantitative estimate of drug-likeness (QED) is 0.656. The summed E-state index contributed by atoms with van der Waals surface area (Å²) in [6.07, 6.45) is 0. The van der Waals surface area contributed by atoms with E-state index in [1.165, 1.54) is 12.1 Å². The Kier molecular flexibility index (Phi) is 3.93. The summed E-state index contributed by atoms with van der Waals surface area (Å²) in [5.41, 5.74) is 7.53. The zero-order valence-electron chi connectivity index (χ0n) is 15.4. The van der Waals surface area contributed by atoms with Crippen LogP contribution in [-0.4, -0.2) is 19.7 Å². The first kappa shape index (κ1) is 17.8. The highest BCUT2D eigenvalue weighted by molar-refractivity contribution is 6.30. The van der Waals surface area contributed by atoms with Crippen molar-refractivity contribution < 1.29 is 18.6 Å². The van der Waals surface area contributed by atoms with Crippen molar-refractivity contribution in [1.29, 1.82) is 0 Å². The minimum atomic E-state index is -0.910. The Labute approximate surface area is 171 Å². The van der Waals surface area contributed by atoms with E-state index in [0.29, 0.717) is 33.4 Å². The average molecular weight is 411 g/mol.